The molecule has 298 valence electrons. The van der Waals surface area contributed by atoms with Crippen LogP contribution in [0.1, 0.15) is 168 Å². The average molecular weight is 720 g/mol. The summed E-state index contributed by atoms with van der Waals surface area (Å²) in [5.41, 5.74) is 0. The monoisotopic (exact) mass is 720 g/mol. The van der Waals surface area contributed by atoms with Gasteiger partial charge in [0.1, 0.15) is 36.6 Å². The standard InChI is InChI=1S/C39H77NO10/c1-4-5-6-7-8-9-10-11-12-17-20-23-26-32(43)38(48)40-30(28-49-39-37(47)36(46)35(45)33(27-41)50-39)34(44)31(42)25-22-19-16-14-13-15-18-21-24-29(2)3/h29-37,39,41-47H,4-28H2,1-3H3,(H,40,48)/t30-,31+,32?,33+,34-,35+,36-,37+,39+/m0/s1. The van der Waals surface area contributed by atoms with Crippen molar-refractivity contribution in [1.82, 2.24) is 5.32 Å². The van der Waals surface area contributed by atoms with E-state index in [4.69, 9.17) is 9.47 Å². The number of rotatable bonds is 32. The van der Waals surface area contributed by atoms with Crippen molar-refractivity contribution in [3.63, 3.8) is 0 Å². The van der Waals surface area contributed by atoms with E-state index in [2.05, 4.69) is 26.1 Å². The number of amides is 1. The summed E-state index contributed by atoms with van der Waals surface area (Å²) in [4.78, 5) is 13.0. The smallest absolute Gasteiger partial charge is 0.249 e. The van der Waals surface area contributed by atoms with E-state index in [1.165, 1.54) is 83.5 Å². The van der Waals surface area contributed by atoms with Crippen molar-refractivity contribution in [1.29, 1.82) is 0 Å². The molecule has 1 aliphatic rings. The minimum Gasteiger partial charge on any atom is -0.394 e. The van der Waals surface area contributed by atoms with Crippen LogP contribution in [-0.2, 0) is 14.3 Å². The van der Waals surface area contributed by atoms with Crippen LogP contribution in [0.15, 0.2) is 0 Å². The van der Waals surface area contributed by atoms with Crippen LogP contribution < -0.4 is 5.32 Å². The number of unbranched alkanes of at least 4 members (excludes halogenated alkanes) is 18. The van der Waals surface area contributed by atoms with Crippen molar-refractivity contribution >= 4 is 5.91 Å². The number of nitrogens with one attached hydrogen (secondary N) is 1. The van der Waals surface area contributed by atoms with Crippen molar-refractivity contribution in [2.24, 2.45) is 5.92 Å². The maximum atomic E-state index is 13.0. The van der Waals surface area contributed by atoms with E-state index in [0.717, 1.165) is 44.4 Å². The summed E-state index contributed by atoms with van der Waals surface area (Å²) in [6.07, 6.45) is 13.2. The number of carbonyl (C=O) groups is 1. The van der Waals surface area contributed by atoms with Crippen molar-refractivity contribution in [2.45, 2.75) is 224 Å². The van der Waals surface area contributed by atoms with Crippen LogP contribution in [0, 0.1) is 5.92 Å². The SMILES string of the molecule is CCCCCCCCCCCCCCC(O)C(=O)N[C@@H](CO[C@@H]1O[C@H](CO)[C@@H](O)[C@H](O)[C@H]1O)[C@H](O)[C@H](O)CCCCCCCCCCC(C)C. The molecule has 1 heterocycles. The lowest BCUT2D eigenvalue weighted by Crippen LogP contribution is -2.60. The highest BCUT2D eigenvalue weighted by molar-refractivity contribution is 5.80. The molecule has 0 saturated carbocycles. The predicted octanol–water partition coefficient (Wildman–Crippen LogP) is 5.02. The predicted molar refractivity (Wildman–Crippen MR) is 196 cm³/mol. The first-order chi connectivity index (χ1) is 24.0. The summed E-state index contributed by atoms with van der Waals surface area (Å²) < 4.78 is 11.0. The molecule has 0 aliphatic carbocycles. The maximum absolute atomic E-state index is 13.0. The molecule has 50 heavy (non-hydrogen) atoms. The fraction of sp³-hybridized carbons (Fsp3) is 0.974. The van der Waals surface area contributed by atoms with Crippen LogP contribution in [0.25, 0.3) is 0 Å². The Morgan fingerprint density at radius 1 is 0.660 bits per heavy atom. The van der Waals surface area contributed by atoms with E-state index in [9.17, 15) is 40.5 Å². The molecule has 0 aromatic rings. The van der Waals surface area contributed by atoms with Gasteiger partial charge in [0.25, 0.3) is 0 Å². The second-order valence-electron chi connectivity index (χ2n) is 15.2. The molecule has 1 saturated heterocycles. The van der Waals surface area contributed by atoms with Gasteiger partial charge in [-0.15, -0.1) is 0 Å². The number of ether oxygens (including phenoxy) is 2. The molecule has 1 aliphatic heterocycles. The van der Waals surface area contributed by atoms with Crippen LogP contribution in [0.4, 0.5) is 0 Å². The molecule has 8 N–H and O–H groups in total. The van der Waals surface area contributed by atoms with E-state index in [1.54, 1.807) is 0 Å². The first-order valence-electron chi connectivity index (χ1n) is 20.3. The topological polar surface area (TPSA) is 189 Å². The molecular weight excluding hydrogens is 642 g/mol. The second kappa shape index (κ2) is 29.6. The largest absolute Gasteiger partial charge is 0.394 e. The van der Waals surface area contributed by atoms with E-state index in [1.807, 2.05) is 0 Å². The molecule has 1 unspecified atom stereocenters. The maximum Gasteiger partial charge on any atom is 0.249 e. The second-order valence-corrected chi connectivity index (χ2v) is 15.2. The Morgan fingerprint density at radius 2 is 1.12 bits per heavy atom. The minimum atomic E-state index is -1.65. The molecular formula is C39H77NO10. The summed E-state index contributed by atoms with van der Waals surface area (Å²) in [6, 6.07) is -1.16. The van der Waals surface area contributed by atoms with Gasteiger partial charge in [-0.05, 0) is 18.8 Å². The van der Waals surface area contributed by atoms with Gasteiger partial charge in [-0.1, -0.05) is 156 Å². The van der Waals surface area contributed by atoms with E-state index < -0.39 is 74.2 Å². The Morgan fingerprint density at radius 3 is 1.60 bits per heavy atom. The quantitative estimate of drug-likeness (QED) is 0.0439. The molecule has 9 atom stereocenters. The van der Waals surface area contributed by atoms with Crippen molar-refractivity contribution < 1.29 is 50.0 Å². The molecule has 0 spiro atoms. The van der Waals surface area contributed by atoms with Gasteiger partial charge in [-0.25, -0.2) is 0 Å². The van der Waals surface area contributed by atoms with E-state index in [-0.39, 0.29) is 6.42 Å². The molecule has 1 amide bonds. The molecule has 1 fully saturated rings. The van der Waals surface area contributed by atoms with Gasteiger partial charge >= 0.3 is 0 Å². The summed E-state index contributed by atoms with van der Waals surface area (Å²) in [7, 11) is 0. The molecule has 0 aromatic heterocycles. The number of aliphatic hydroxyl groups is 7. The zero-order chi connectivity index (χ0) is 37.1. The van der Waals surface area contributed by atoms with Crippen LogP contribution in [-0.4, -0.2) is 110 Å². The summed E-state index contributed by atoms with van der Waals surface area (Å²) in [6.45, 7) is 5.67. The summed E-state index contributed by atoms with van der Waals surface area (Å²) in [5.74, 6) is 0.0493. The lowest BCUT2D eigenvalue weighted by atomic mass is 9.98. The molecule has 11 nitrogen and oxygen atoms in total. The Hall–Kier alpha value is -0.890. The fourth-order valence-corrected chi connectivity index (χ4v) is 6.62. The highest BCUT2D eigenvalue weighted by Gasteiger charge is 2.44. The lowest BCUT2D eigenvalue weighted by molar-refractivity contribution is -0.303. The molecule has 0 radical (unpaired) electrons. The van der Waals surface area contributed by atoms with Gasteiger partial charge < -0.3 is 50.5 Å². The van der Waals surface area contributed by atoms with Crippen LogP contribution >= 0.6 is 0 Å². The normalized spacial score (nSPS) is 23.5. The number of hydrogen-bond donors (Lipinski definition) is 8. The van der Waals surface area contributed by atoms with Gasteiger partial charge in [0.05, 0.1) is 25.4 Å². The molecule has 11 heteroatoms. The third-order valence-corrected chi connectivity index (χ3v) is 10.1. The van der Waals surface area contributed by atoms with E-state index in [0.29, 0.717) is 19.3 Å². The highest BCUT2D eigenvalue weighted by Crippen LogP contribution is 2.23. The van der Waals surface area contributed by atoms with Gasteiger partial charge in [-0.2, -0.15) is 0 Å². The van der Waals surface area contributed by atoms with Crippen LogP contribution in [0.3, 0.4) is 0 Å². The molecule has 0 bridgehead atoms. The van der Waals surface area contributed by atoms with Gasteiger partial charge in [-0.3, -0.25) is 4.79 Å². The number of hydrogen-bond acceptors (Lipinski definition) is 10. The Kier molecular flexibility index (Phi) is 27.9. The minimum absolute atomic E-state index is 0.264. The van der Waals surface area contributed by atoms with Gasteiger partial charge in [0.15, 0.2) is 6.29 Å². The van der Waals surface area contributed by atoms with Crippen molar-refractivity contribution in [3.05, 3.63) is 0 Å². The van der Waals surface area contributed by atoms with Crippen LogP contribution in [0.2, 0.25) is 0 Å². The lowest BCUT2D eigenvalue weighted by Gasteiger charge is -2.40. The molecule has 0 aromatic carbocycles. The number of aliphatic hydroxyl groups excluding tert-OH is 7. The van der Waals surface area contributed by atoms with Gasteiger partial charge in [0, 0.05) is 0 Å². The Balaban J connectivity index is 2.55. The van der Waals surface area contributed by atoms with Crippen LogP contribution in [0.5, 0.6) is 0 Å². The zero-order valence-electron chi connectivity index (χ0n) is 31.8. The molecule has 1 rings (SSSR count). The first kappa shape index (κ1) is 47.1. The van der Waals surface area contributed by atoms with Crippen molar-refractivity contribution in [3.8, 4) is 0 Å². The first-order valence-corrected chi connectivity index (χ1v) is 20.3. The van der Waals surface area contributed by atoms with E-state index >= 15 is 0 Å². The van der Waals surface area contributed by atoms with Crippen molar-refractivity contribution in [2.75, 3.05) is 13.2 Å². The third-order valence-electron chi connectivity index (χ3n) is 10.1. The third kappa shape index (κ3) is 21.0. The summed E-state index contributed by atoms with van der Waals surface area (Å²) in [5, 5.41) is 75.2. The van der Waals surface area contributed by atoms with Gasteiger partial charge in [0.2, 0.25) is 5.91 Å². The Labute approximate surface area is 303 Å². The zero-order valence-corrected chi connectivity index (χ0v) is 31.8. The summed E-state index contributed by atoms with van der Waals surface area (Å²) >= 11 is 0. The highest BCUT2D eigenvalue weighted by atomic mass is 16.7. The Bertz CT molecular complexity index is 803. The fourth-order valence-electron chi connectivity index (χ4n) is 6.62. The average Bonchev–Trinajstić information content (AvgIpc) is 3.10. The number of carbonyl (C=O) groups excluding carboxylic acids is 1.